The summed E-state index contributed by atoms with van der Waals surface area (Å²) in [5, 5.41) is 0. The van der Waals surface area contributed by atoms with E-state index in [-0.39, 0.29) is 0 Å². The third-order valence-electron chi connectivity index (χ3n) is 4.31. The summed E-state index contributed by atoms with van der Waals surface area (Å²) < 4.78 is 8.39. The van der Waals surface area contributed by atoms with Crippen LogP contribution in [0.5, 0.6) is 5.75 Å². The van der Waals surface area contributed by atoms with E-state index in [2.05, 4.69) is 81.3 Å². The van der Waals surface area contributed by atoms with Crippen LogP contribution in [0.15, 0.2) is 36.4 Å². The molecule has 0 saturated carbocycles. The number of ether oxygens (including phenoxy) is 1. The predicted octanol–water partition coefficient (Wildman–Crippen LogP) is 4.59. The van der Waals surface area contributed by atoms with E-state index in [0.717, 1.165) is 18.0 Å². The lowest BCUT2D eigenvalue weighted by Gasteiger charge is -2.30. The molecule has 0 fully saturated rings. The van der Waals surface area contributed by atoms with Gasteiger partial charge in [0.05, 0.1) is 5.69 Å². The van der Waals surface area contributed by atoms with E-state index in [0.29, 0.717) is 18.7 Å². The average Bonchev–Trinajstić information content (AvgIpc) is 2.82. The van der Waals surface area contributed by atoms with Crippen molar-refractivity contribution in [2.75, 3.05) is 13.2 Å². The second kappa shape index (κ2) is 7.69. The van der Waals surface area contributed by atoms with Gasteiger partial charge in [-0.1, -0.05) is 12.1 Å². The topological polar surface area (TPSA) is 17.4 Å². The molecule has 0 unspecified atom stereocenters. The molecular formula is C20H30N2O. The second-order valence-corrected chi connectivity index (χ2v) is 6.69. The van der Waals surface area contributed by atoms with E-state index < -0.39 is 0 Å². The molecule has 0 aliphatic carbocycles. The number of hydrogen-bond donors (Lipinski definition) is 0. The monoisotopic (exact) mass is 314 g/mol. The van der Waals surface area contributed by atoms with Gasteiger partial charge in [-0.25, -0.2) is 0 Å². The van der Waals surface area contributed by atoms with Gasteiger partial charge in [-0.05, 0) is 65.8 Å². The van der Waals surface area contributed by atoms with Crippen LogP contribution in [0.1, 0.15) is 39.1 Å². The van der Waals surface area contributed by atoms with Crippen LogP contribution in [-0.4, -0.2) is 34.7 Å². The summed E-state index contributed by atoms with van der Waals surface area (Å²) in [6, 6.07) is 13.6. The van der Waals surface area contributed by atoms with Gasteiger partial charge in [0, 0.05) is 30.0 Å². The minimum absolute atomic E-state index is 0.530. The van der Waals surface area contributed by atoms with Gasteiger partial charge in [0.2, 0.25) is 0 Å². The van der Waals surface area contributed by atoms with Crippen LogP contribution in [0.4, 0.5) is 0 Å². The van der Waals surface area contributed by atoms with E-state index in [1.165, 1.54) is 11.4 Å². The van der Waals surface area contributed by atoms with E-state index in [1.54, 1.807) is 0 Å². The number of nitrogens with zero attached hydrogens (tertiary/aromatic N) is 2. The Balaban J connectivity index is 2.13. The van der Waals surface area contributed by atoms with Crippen LogP contribution in [0.3, 0.4) is 0 Å². The van der Waals surface area contributed by atoms with Gasteiger partial charge in [-0.2, -0.15) is 0 Å². The Labute approximate surface area is 140 Å². The fourth-order valence-electron chi connectivity index (χ4n) is 3.19. The van der Waals surface area contributed by atoms with Gasteiger partial charge in [-0.15, -0.1) is 0 Å². The van der Waals surface area contributed by atoms with Crippen LogP contribution >= 0.6 is 0 Å². The van der Waals surface area contributed by atoms with Crippen LogP contribution in [-0.2, 0) is 0 Å². The van der Waals surface area contributed by atoms with Gasteiger partial charge < -0.3 is 9.30 Å². The molecule has 2 aromatic rings. The summed E-state index contributed by atoms with van der Waals surface area (Å²) in [5.74, 6) is 0.947. The van der Waals surface area contributed by atoms with Gasteiger partial charge in [0.1, 0.15) is 12.4 Å². The fourth-order valence-corrected chi connectivity index (χ4v) is 3.19. The molecule has 3 heteroatoms. The largest absolute Gasteiger partial charge is 0.490 e. The number of aryl methyl sites for hydroxylation is 2. The molecule has 0 bridgehead atoms. The van der Waals surface area contributed by atoms with Crippen molar-refractivity contribution < 1.29 is 4.74 Å². The maximum atomic E-state index is 6.14. The summed E-state index contributed by atoms with van der Waals surface area (Å²) in [6.45, 7) is 14.8. The molecule has 0 atom stereocenters. The summed E-state index contributed by atoms with van der Waals surface area (Å²) in [7, 11) is 0. The van der Waals surface area contributed by atoms with Gasteiger partial charge in [-0.3, -0.25) is 4.90 Å². The van der Waals surface area contributed by atoms with E-state index >= 15 is 0 Å². The standard InChI is InChI=1S/C20H30N2O/c1-15(2)21(16(3)4)13-14-23-20-10-8-7-9-19(20)22-17(5)11-12-18(22)6/h7-12,15-16H,13-14H2,1-6H3. The molecule has 0 aliphatic rings. The maximum Gasteiger partial charge on any atom is 0.143 e. The molecule has 0 N–H and O–H groups in total. The highest BCUT2D eigenvalue weighted by atomic mass is 16.5. The first-order chi connectivity index (χ1) is 10.9. The van der Waals surface area contributed by atoms with E-state index in [1.807, 2.05) is 6.07 Å². The first-order valence-electron chi connectivity index (χ1n) is 8.54. The molecule has 0 saturated heterocycles. The summed E-state index contributed by atoms with van der Waals surface area (Å²) in [4.78, 5) is 2.45. The highest BCUT2D eigenvalue weighted by Crippen LogP contribution is 2.26. The van der Waals surface area contributed by atoms with Crippen LogP contribution in [0.2, 0.25) is 0 Å². The Morgan fingerprint density at radius 3 is 2.04 bits per heavy atom. The molecule has 2 rings (SSSR count). The predicted molar refractivity (Wildman–Crippen MR) is 97.7 cm³/mol. The zero-order valence-electron chi connectivity index (χ0n) is 15.3. The quantitative estimate of drug-likeness (QED) is 0.743. The molecule has 1 heterocycles. The van der Waals surface area contributed by atoms with Crippen molar-refractivity contribution >= 4 is 0 Å². The van der Waals surface area contributed by atoms with E-state index in [4.69, 9.17) is 4.74 Å². The first kappa shape index (κ1) is 17.6. The molecule has 3 nitrogen and oxygen atoms in total. The SMILES string of the molecule is Cc1ccc(C)n1-c1ccccc1OCCN(C(C)C)C(C)C. The van der Waals surface area contributed by atoms with Crippen molar-refractivity contribution in [1.29, 1.82) is 0 Å². The fraction of sp³-hybridized carbons (Fsp3) is 0.500. The number of para-hydroxylation sites is 2. The van der Waals surface area contributed by atoms with Crippen molar-refractivity contribution in [2.45, 2.75) is 53.6 Å². The molecule has 1 aromatic carbocycles. The minimum Gasteiger partial charge on any atom is -0.490 e. The summed E-state index contributed by atoms with van der Waals surface area (Å²) in [6.07, 6.45) is 0. The molecular weight excluding hydrogens is 284 g/mol. The summed E-state index contributed by atoms with van der Waals surface area (Å²) >= 11 is 0. The molecule has 0 radical (unpaired) electrons. The van der Waals surface area contributed by atoms with Crippen LogP contribution in [0.25, 0.3) is 5.69 Å². The second-order valence-electron chi connectivity index (χ2n) is 6.69. The molecule has 23 heavy (non-hydrogen) atoms. The Bertz CT molecular complexity index is 601. The van der Waals surface area contributed by atoms with Crippen LogP contribution < -0.4 is 4.74 Å². The highest BCUT2D eigenvalue weighted by Gasteiger charge is 2.14. The molecule has 0 spiro atoms. The van der Waals surface area contributed by atoms with Gasteiger partial charge in [0.15, 0.2) is 0 Å². The normalized spacial score (nSPS) is 11.7. The zero-order chi connectivity index (χ0) is 17.0. The van der Waals surface area contributed by atoms with Crippen molar-refractivity contribution in [3.8, 4) is 11.4 Å². The van der Waals surface area contributed by atoms with Crippen molar-refractivity contribution in [1.82, 2.24) is 9.47 Å². The van der Waals surface area contributed by atoms with Crippen LogP contribution in [0, 0.1) is 13.8 Å². The molecule has 1 aromatic heterocycles. The zero-order valence-corrected chi connectivity index (χ0v) is 15.3. The number of benzene rings is 1. The Hall–Kier alpha value is -1.74. The smallest absolute Gasteiger partial charge is 0.143 e. The third kappa shape index (κ3) is 4.17. The number of rotatable bonds is 7. The van der Waals surface area contributed by atoms with Crippen molar-refractivity contribution in [2.24, 2.45) is 0 Å². The Kier molecular flexibility index (Phi) is 5.89. The minimum atomic E-state index is 0.530. The lowest BCUT2D eigenvalue weighted by atomic mass is 10.2. The number of aromatic nitrogens is 1. The number of hydrogen-bond acceptors (Lipinski definition) is 2. The van der Waals surface area contributed by atoms with Crippen molar-refractivity contribution in [3.63, 3.8) is 0 Å². The lowest BCUT2D eigenvalue weighted by Crippen LogP contribution is -2.39. The summed E-state index contributed by atoms with van der Waals surface area (Å²) in [5.41, 5.74) is 3.57. The Morgan fingerprint density at radius 2 is 1.48 bits per heavy atom. The average molecular weight is 314 g/mol. The molecule has 0 aliphatic heterocycles. The Morgan fingerprint density at radius 1 is 0.913 bits per heavy atom. The third-order valence-corrected chi connectivity index (χ3v) is 4.31. The van der Waals surface area contributed by atoms with Crippen molar-refractivity contribution in [3.05, 3.63) is 47.8 Å². The van der Waals surface area contributed by atoms with Gasteiger partial charge in [0.25, 0.3) is 0 Å². The molecule has 0 amide bonds. The van der Waals surface area contributed by atoms with Gasteiger partial charge >= 0.3 is 0 Å². The lowest BCUT2D eigenvalue weighted by molar-refractivity contribution is 0.142. The maximum absolute atomic E-state index is 6.14. The van der Waals surface area contributed by atoms with E-state index in [9.17, 15) is 0 Å². The first-order valence-corrected chi connectivity index (χ1v) is 8.54. The molecule has 126 valence electrons. The highest BCUT2D eigenvalue weighted by molar-refractivity contribution is 5.49.